The SMILES string of the molecule is CC#CCC/C=C(/C)CCl. The molecular weight excluding hydrogens is 144 g/mol. The molecule has 0 bridgehead atoms. The van der Waals surface area contributed by atoms with Crippen LogP contribution in [0.4, 0.5) is 0 Å². The Morgan fingerprint density at radius 3 is 2.80 bits per heavy atom. The smallest absolute Gasteiger partial charge is 0.0430 e. The molecule has 0 aromatic carbocycles. The summed E-state index contributed by atoms with van der Waals surface area (Å²) in [5, 5.41) is 0. The number of alkyl halides is 1. The molecule has 0 spiro atoms. The van der Waals surface area contributed by atoms with Gasteiger partial charge in [-0.05, 0) is 20.3 Å². The van der Waals surface area contributed by atoms with E-state index in [9.17, 15) is 0 Å². The van der Waals surface area contributed by atoms with E-state index in [1.165, 1.54) is 5.57 Å². The summed E-state index contributed by atoms with van der Waals surface area (Å²) in [6.07, 6.45) is 4.11. The molecule has 0 amide bonds. The Morgan fingerprint density at radius 1 is 1.60 bits per heavy atom. The molecule has 0 saturated carbocycles. The second-order valence-electron chi connectivity index (χ2n) is 2.15. The van der Waals surface area contributed by atoms with Crippen LogP contribution in [0.1, 0.15) is 26.7 Å². The van der Waals surface area contributed by atoms with Crippen LogP contribution in [-0.4, -0.2) is 5.88 Å². The molecule has 0 saturated heterocycles. The molecule has 10 heavy (non-hydrogen) atoms. The predicted octanol–water partition coefficient (Wildman–Crippen LogP) is 2.98. The first-order valence-corrected chi connectivity index (χ1v) is 3.96. The molecule has 1 heteroatoms. The number of hydrogen-bond acceptors (Lipinski definition) is 0. The van der Waals surface area contributed by atoms with E-state index in [2.05, 4.69) is 17.9 Å². The maximum absolute atomic E-state index is 5.56. The van der Waals surface area contributed by atoms with Gasteiger partial charge in [0.2, 0.25) is 0 Å². The van der Waals surface area contributed by atoms with Gasteiger partial charge < -0.3 is 0 Å². The minimum Gasteiger partial charge on any atom is -0.122 e. The monoisotopic (exact) mass is 156 g/mol. The highest BCUT2D eigenvalue weighted by Crippen LogP contribution is 1.99. The second-order valence-corrected chi connectivity index (χ2v) is 2.42. The van der Waals surface area contributed by atoms with Gasteiger partial charge in [-0.3, -0.25) is 0 Å². The van der Waals surface area contributed by atoms with Crippen LogP contribution in [0.3, 0.4) is 0 Å². The van der Waals surface area contributed by atoms with Gasteiger partial charge in [-0.25, -0.2) is 0 Å². The lowest BCUT2D eigenvalue weighted by Gasteiger charge is -1.89. The summed E-state index contributed by atoms with van der Waals surface area (Å²) >= 11 is 5.56. The third-order valence-electron chi connectivity index (χ3n) is 1.15. The molecule has 0 aromatic heterocycles. The van der Waals surface area contributed by atoms with Crippen molar-refractivity contribution in [1.29, 1.82) is 0 Å². The molecule has 0 atom stereocenters. The summed E-state index contributed by atoms with van der Waals surface area (Å²) in [5.74, 6) is 6.48. The number of unbranched alkanes of at least 4 members (excludes halogenated alkanes) is 1. The Morgan fingerprint density at radius 2 is 2.30 bits per heavy atom. The van der Waals surface area contributed by atoms with Gasteiger partial charge in [0, 0.05) is 12.3 Å². The number of halogens is 1. The first-order valence-electron chi connectivity index (χ1n) is 3.42. The summed E-state index contributed by atoms with van der Waals surface area (Å²) in [6.45, 7) is 3.89. The third-order valence-corrected chi connectivity index (χ3v) is 1.57. The van der Waals surface area contributed by atoms with Gasteiger partial charge in [-0.2, -0.15) is 0 Å². The van der Waals surface area contributed by atoms with Crippen molar-refractivity contribution in [2.45, 2.75) is 26.7 Å². The summed E-state index contributed by atoms with van der Waals surface area (Å²) in [6, 6.07) is 0. The Hall–Kier alpha value is -0.410. The second kappa shape index (κ2) is 6.71. The van der Waals surface area contributed by atoms with Crippen molar-refractivity contribution < 1.29 is 0 Å². The van der Waals surface area contributed by atoms with Crippen LogP contribution < -0.4 is 0 Å². The number of hydrogen-bond donors (Lipinski definition) is 0. The van der Waals surface area contributed by atoms with Gasteiger partial charge >= 0.3 is 0 Å². The molecule has 0 N–H and O–H groups in total. The van der Waals surface area contributed by atoms with E-state index < -0.39 is 0 Å². The lowest BCUT2D eigenvalue weighted by atomic mass is 10.2. The highest BCUT2D eigenvalue weighted by molar-refractivity contribution is 6.19. The van der Waals surface area contributed by atoms with Gasteiger partial charge in [0.05, 0.1) is 0 Å². The van der Waals surface area contributed by atoms with E-state index in [0.29, 0.717) is 5.88 Å². The van der Waals surface area contributed by atoms with Crippen LogP contribution in [0, 0.1) is 11.8 Å². The largest absolute Gasteiger partial charge is 0.122 e. The van der Waals surface area contributed by atoms with Gasteiger partial charge in [0.25, 0.3) is 0 Å². The lowest BCUT2D eigenvalue weighted by Crippen LogP contribution is -1.75. The summed E-state index contributed by atoms with van der Waals surface area (Å²) in [4.78, 5) is 0. The Bertz CT molecular complexity index is 157. The van der Waals surface area contributed by atoms with Crippen LogP contribution >= 0.6 is 11.6 Å². The maximum Gasteiger partial charge on any atom is 0.0430 e. The first kappa shape index (κ1) is 9.59. The van der Waals surface area contributed by atoms with Gasteiger partial charge in [-0.1, -0.05) is 11.6 Å². The minimum absolute atomic E-state index is 0.638. The third kappa shape index (κ3) is 5.72. The van der Waals surface area contributed by atoms with Crippen molar-refractivity contribution in [1.82, 2.24) is 0 Å². The average molecular weight is 157 g/mol. The molecule has 0 fully saturated rings. The van der Waals surface area contributed by atoms with Crippen molar-refractivity contribution in [2.75, 3.05) is 5.88 Å². The van der Waals surface area contributed by atoms with Crippen molar-refractivity contribution in [3.63, 3.8) is 0 Å². The molecule has 0 radical (unpaired) electrons. The first-order chi connectivity index (χ1) is 4.81. The zero-order valence-corrected chi connectivity index (χ0v) is 7.33. The summed E-state index contributed by atoms with van der Waals surface area (Å²) in [5.41, 5.74) is 1.24. The van der Waals surface area contributed by atoms with E-state index in [1.54, 1.807) is 0 Å². The van der Waals surface area contributed by atoms with Crippen LogP contribution in [0.2, 0.25) is 0 Å². The predicted molar refractivity (Wildman–Crippen MR) is 47.2 cm³/mol. The van der Waals surface area contributed by atoms with E-state index >= 15 is 0 Å². The van der Waals surface area contributed by atoms with E-state index in [0.717, 1.165) is 12.8 Å². The fourth-order valence-electron chi connectivity index (χ4n) is 0.570. The molecule has 56 valence electrons. The van der Waals surface area contributed by atoms with Gasteiger partial charge in [-0.15, -0.1) is 23.4 Å². The Kier molecular flexibility index (Phi) is 6.43. The molecule has 0 aliphatic heterocycles. The Balaban J connectivity index is 3.40. The quantitative estimate of drug-likeness (QED) is 0.255. The van der Waals surface area contributed by atoms with Crippen molar-refractivity contribution in [3.05, 3.63) is 11.6 Å². The molecule has 0 aliphatic rings. The minimum atomic E-state index is 0.638. The van der Waals surface area contributed by atoms with Crippen LogP contribution in [-0.2, 0) is 0 Å². The van der Waals surface area contributed by atoms with E-state index in [-0.39, 0.29) is 0 Å². The summed E-state index contributed by atoms with van der Waals surface area (Å²) in [7, 11) is 0. The summed E-state index contributed by atoms with van der Waals surface area (Å²) < 4.78 is 0. The van der Waals surface area contributed by atoms with Crippen molar-refractivity contribution in [3.8, 4) is 11.8 Å². The molecule has 0 rings (SSSR count). The zero-order chi connectivity index (χ0) is 7.82. The fourth-order valence-corrected chi connectivity index (χ4v) is 0.679. The van der Waals surface area contributed by atoms with E-state index in [4.69, 9.17) is 11.6 Å². The molecule has 0 nitrogen and oxygen atoms in total. The highest BCUT2D eigenvalue weighted by atomic mass is 35.5. The van der Waals surface area contributed by atoms with Gasteiger partial charge in [0.1, 0.15) is 0 Å². The van der Waals surface area contributed by atoms with Crippen molar-refractivity contribution in [2.24, 2.45) is 0 Å². The molecule has 0 aromatic rings. The Labute approximate surface area is 68.3 Å². The molecule has 0 aliphatic carbocycles. The van der Waals surface area contributed by atoms with Crippen LogP contribution in [0.25, 0.3) is 0 Å². The molecule has 0 unspecified atom stereocenters. The average Bonchev–Trinajstić information content (AvgIpc) is 1.98. The molecule has 0 heterocycles. The van der Waals surface area contributed by atoms with Crippen LogP contribution in [0.5, 0.6) is 0 Å². The topological polar surface area (TPSA) is 0 Å². The number of rotatable bonds is 3. The zero-order valence-electron chi connectivity index (χ0n) is 6.58. The normalized spacial score (nSPS) is 10.5. The van der Waals surface area contributed by atoms with Gasteiger partial charge in [0.15, 0.2) is 0 Å². The van der Waals surface area contributed by atoms with Crippen LogP contribution in [0.15, 0.2) is 11.6 Å². The lowest BCUT2D eigenvalue weighted by molar-refractivity contribution is 1.06. The molecular formula is C9H13Cl. The number of allylic oxidation sites excluding steroid dienone is 2. The highest BCUT2D eigenvalue weighted by Gasteiger charge is 1.82. The standard InChI is InChI=1S/C9H13Cl/c1-3-4-5-6-7-9(2)8-10/h7H,5-6,8H2,1-2H3/b9-7-. The van der Waals surface area contributed by atoms with E-state index in [1.807, 2.05) is 13.8 Å². The van der Waals surface area contributed by atoms with Crippen molar-refractivity contribution >= 4 is 11.6 Å². The fraction of sp³-hybridized carbons (Fsp3) is 0.556. The maximum atomic E-state index is 5.56.